The first kappa shape index (κ1) is 12.3. The average molecular weight is 296 g/mol. The molecule has 0 bridgehead atoms. The lowest BCUT2D eigenvalue weighted by molar-refractivity contribution is -0.116. The normalized spacial score (nSPS) is 17.2. The van der Waals surface area contributed by atoms with Crippen molar-refractivity contribution in [3.63, 3.8) is 0 Å². The number of Topliss-reactive ketones (excluding diaryl/α,β-unsaturated/α-hetero) is 1. The second kappa shape index (κ2) is 4.43. The maximum absolute atomic E-state index is 13.5. The summed E-state index contributed by atoms with van der Waals surface area (Å²) in [6.07, 6.45) is 0. The molecule has 1 amide bonds. The zero-order valence-electron chi connectivity index (χ0n) is 9.44. The number of rotatable bonds is 2. The third-order valence-electron chi connectivity index (χ3n) is 2.95. The highest BCUT2D eigenvalue weighted by Crippen LogP contribution is 2.38. The van der Waals surface area contributed by atoms with Gasteiger partial charge in [0, 0.05) is 5.69 Å². The summed E-state index contributed by atoms with van der Waals surface area (Å²) in [5.41, 5.74) is 0.733. The van der Waals surface area contributed by atoms with E-state index >= 15 is 0 Å². The minimum atomic E-state index is -1.000. The van der Waals surface area contributed by atoms with Crippen LogP contribution >= 0.6 is 22.9 Å². The van der Waals surface area contributed by atoms with Gasteiger partial charge in [-0.2, -0.15) is 0 Å². The smallest absolute Gasteiger partial charge is 0.239 e. The van der Waals surface area contributed by atoms with Gasteiger partial charge in [-0.05, 0) is 29.1 Å². The molecule has 19 heavy (non-hydrogen) atoms. The van der Waals surface area contributed by atoms with Crippen LogP contribution in [0.3, 0.4) is 0 Å². The van der Waals surface area contributed by atoms with Crippen molar-refractivity contribution in [1.29, 1.82) is 0 Å². The molecule has 0 saturated heterocycles. The summed E-state index contributed by atoms with van der Waals surface area (Å²) >= 11 is 6.91. The molecule has 1 aromatic heterocycles. The Balaban J connectivity index is 2.08. The molecular weight excluding hydrogens is 289 g/mol. The van der Waals surface area contributed by atoms with Gasteiger partial charge in [-0.3, -0.25) is 9.59 Å². The molecule has 1 aromatic carbocycles. The molecule has 2 aromatic rings. The Bertz CT molecular complexity index is 684. The van der Waals surface area contributed by atoms with Crippen LogP contribution in [0.25, 0.3) is 0 Å². The molecule has 1 aliphatic rings. The standard InChI is InChI=1S/C13H7ClFNO2S/c14-7-5-9-6(4-8(7)15)11(13(18)16-9)12(17)10-2-1-3-19-10/h1-5,11H,(H,16,18). The van der Waals surface area contributed by atoms with Crippen LogP contribution in [0, 0.1) is 5.82 Å². The van der Waals surface area contributed by atoms with Crippen molar-refractivity contribution >= 4 is 40.3 Å². The van der Waals surface area contributed by atoms with Gasteiger partial charge in [-0.15, -0.1) is 11.3 Å². The molecule has 3 rings (SSSR count). The van der Waals surface area contributed by atoms with Gasteiger partial charge in [-0.25, -0.2) is 4.39 Å². The number of ketones is 1. The Morgan fingerprint density at radius 2 is 2.21 bits per heavy atom. The Hall–Kier alpha value is -1.72. The van der Waals surface area contributed by atoms with E-state index in [0.717, 1.165) is 6.07 Å². The Morgan fingerprint density at radius 3 is 2.89 bits per heavy atom. The predicted octanol–water partition coefficient (Wildman–Crippen LogP) is 3.46. The fourth-order valence-corrected chi connectivity index (χ4v) is 2.94. The third-order valence-corrected chi connectivity index (χ3v) is 4.12. The van der Waals surface area contributed by atoms with E-state index in [1.165, 1.54) is 17.4 Å². The molecular formula is C13H7ClFNO2S. The fourth-order valence-electron chi connectivity index (χ4n) is 2.08. The van der Waals surface area contributed by atoms with E-state index in [1.54, 1.807) is 17.5 Å². The van der Waals surface area contributed by atoms with Crippen LogP contribution < -0.4 is 5.32 Å². The summed E-state index contributed by atoms with van der Waals surface area (Å²) in [5.74, 6) is -2.41. The number of fused-ring (bicyclic) bond motifs is 1. The van der Waals surface area contributed by atoms with Gasteiger partial charge in [-0.1, -0.05) is 17.7 Å². The van der Waals surface area contributed by atoms with Crippen molar-refractivity contribution in [3.05, 3.63) is 50.9 Å². The largest absolute Gasteiger partial charge is 0.325 e. The first-order valence-corrected chi connectivity index (χ1v) is 6.71. The van der Waals surface area contributed by atoms with Crippen LogP contribution in [-0.4, -0.2) is 11.7 Å². The van der Waals surface area contributed by atoms with E-state index in [9.17, 15) is 14.0 Å². The van der Waals surface area contributed by atoms with E-state index in [-0.39, 0.29) is 10.8 Å². The summed E-state index contributed by atoms with van der Waals surface area (Å²) in [6.45, 7) is 0. The van der Waals surface area contributed by atoms with E-state index in [2.05, 4.69) is 5.32 Å². The number of carbonyl (C=O) groups is 2. The summed E-state index contributed by atoms with van der Waals surface area (Å²) in [5, 5.41) is 4.23. The van der Waals surface area contributed by atoms with Crippen LogP contribution in [0.2, 0.25) is 5.02 Å². The number of thiophene rings is 1. The summed E-state index contributed by atoms with van der Waals surface area (Å²) in [4.78, 5) is 24.6. The maximum atomic E-state index is 13.5. The lowest BCUT2D eigenvalue weighted by atomic mass is 9.95. The highest BCUT2D eigenvalue weighted by Gasteiger charge is 2.37. The Kier molecular flexibility index (Phi) is 2.88. The van der Waals surface area contributed by atoms with Crippen LogP contribution in [0.5, 0.6) is 0 Å². The molecule has 1 aliphatic heterocycles. The van der Waals surface area contributed by atoms with Gasteiger partial charge >= 0.3 is 0 Å². The number of anilines is 1. The van der Waals surface area contributed by atoms with Gasteiger partial charge in [0.1, 0.15) is 11.7 Å². The van der Waals surface area contributed by atoms with E-state index in [0.29, 0.717) is 16.1 Å². The second-order valence-electron chi connectivity index (χ2n) is 4.12. The lowest BCUT2D eigenvalue weighted by Crippen LogP contribution is -2.20. The SMILES string of the molecule is O=C1Nc2cc(Cl)c(F)cc2C1C(=O)c1cccs1. The van der Waals surface area contributed by atoms with Crippen molar-refractivity contribution in [2.24, 2.45) is 0 Å². The number of amides is 1. The molecule has 6 heteroatoms. The zero-order chi connectivity index (χ0) is 13.6. The van der Waals surface area contributed by atoms with Gasteiger partial charge in [0.2, 0.25) is 5.91 Å². The van der Waals surface area contributed by atoms with Gasteiger partial charge < -0.3 is 5.32 Å². The maximum Gasteiger partial charge on any atom is 0.239 e. The molecule has 0 aliphatic carbocycles. The number of benzene rings is 1. The highest BCUT2D eigenvalue weighted by molar-refractivity contribution is 7.12. The molecule has 3 nitrogen and oxygen atoms in total. The molecule has 1 N–H and O–H groups in total. The Morgan fingerprint density at radius 1 is 1.42 bits per heavy atom. The minimum Gasteiger partial charge on any atom is -0.325 e. The van der Waals surface area contributed by atoms with Crippen molar-refractivity contribution < 1.29 is 14.0 Å². The zero-order valence-corrected chi connectivity index (χ0v) is 11.0. The lowest BCUT2D eigenvalue weighted by Gasteiger charge is -2.06. The van der Waals surface area contributed by atoms with E-state index < -0.39 is 17.6 Å². The quantitative estimate of drug-likeness (QED) is 0.681. The van der Waals surface area contributed by atoms with Gasteiger partial charge in [0.25, 0.3) is 0 Å². The summed E-state index contributed by atoms with van der Waals surface area (Å²) < 4.78 is 13.5. The third kappa shape index (κ3) is 1.95. The first-order valence-electron chi connectivity index (χ1n) is 5.45. The summed E-state index contributed by atoms with van der Waals surface area (Å²) in [6, 6.07) is 5.84. The molecule has 0 saturated carbocycles. The summed E-state index contributed by atoms with van der Waals surface area (Å²) in [7, 11) is 0. The van der Waals surface area contributed by atoms with Crippen molar-refractivity contribution in [2.45, 2.75) is 5.92 Å². The van der Waals surface area contributed by atoms with Crippen LogP contribution in [0.1, 0.15) is 21.2 Å². The molecule has 0 radical (unpaired) electrons. The first-order chi connectivity index (χ1) is 9.08. The molecule has 0 spiro atoms. The predicted molar refractivity (Wildman–Crippen MR) is 71.4 cm³/mol. The number of carbonyl (C=O) groups excluding carboxylic acids is 2. The number of nitrogens with one attached hydrogen (secondary N) is 1. The van der Waals surface area contributed by atoms with Crippen LogP contribution in [0.4, 0.5) is 10.1 Å². The molecule has 1 atom stereocenters. The van der Waals surface area contributed by atoms with Gasteiger partial charge in [0.05, 0.1) is 9.90 Å². The van der Waals surface area contributed by atoms with Crippen molar-refractivity contribution in [1.82, 2.24) is 0 Å². The van der Waals surface area contributed by atoms with Crippen LogP contribution in [0.15, 0.2) is 29.6 Å². The van der Waals surface area contributed by atoms with Crippen LogP contribution in [-0.2, 0) is 4.79 Å². The minimum absolute atomic E-state index is 0.0803. The highest BCUT2D eigenvalue weighted by atomic mass is 35.5. The van der Waals surface area contributed by atoms with E-state index in [4.69, 9.17) is 11.6 Å². The molecule has 1 unspecified atom stereocenters. The molecule has 0 fully saturated rings. The van der Waals surface area contributed by atoms with Crippen molar-refractivity contribution in [3.8, 4) is 0 Å². The number of halogens is 2. The van der Waals surface area contributed by atoms with Crippen molar-refractivity contribution in [2.75, 3.05) is 5.32 Å². The van der Waals surface area contributed by atoms with Gasteiger partial charge in [0.15, 0.2) is 5.78 Å². The topological polar surface area (TPSA) is 46.2 Å². The monoisotopic (exact) mass is 295 g/mol. The molecule has 96 valence electrons. The fraction of sp³-hybridized carbons (Fsp3) is 0.0769. The van der Waals surface area contributed by atoms with E-state index in [1.807, 2.05) is 0 Å². The second-order valence-corrected chi connectivity index (χ2v) is 5.47. The number of hydrogen-bond donors (Lipinski definition) is 1. The molecule has 2 heterocycles. The number of hydrogen-bond acceptors (Lipinski definition) is 3. The Labute approximate surface area is 117 Å². The average Bonchev–Trinajstić information content (AvgIpc) is 2.97.